The molecule has 3 aromatic heterocycles. The van der Waals surface area contributed by atoms with Gasteiger partial charge in [-0.1, -0.05) is 11.6 Å². The summed E-state index contributed by atoms with van der Waals surface area (Å²) in [7, 11) is 1.21. The van der Waals surface area contributed by atoms with Crippen LogP contribution in [-0.4, -0.2) is 109 Å². The van der Waals surface area contributed by atoms with Crippen molar-refractivity contribution in [3.05, 3.63) is 65.3 Å². The summed E-state index contributed by atoms with van der Waals surface area (Å²) >= 11 is 6.01. The van der Waals surface area contributed by atoms with Crippen molar-refractivity contribution in [2.45, 2.75) is 31.0 Å². The number of piperidine rings is 1. The first kappa shape index (κ1) is 30.7. The average Bonchev–Trinajstić information content (AvgIpc) is 3.65. The quantitative estimate of drug-likeness (QED) is 0.254. The molecular formula is C33H40ClFN10OSi. The smallest absolute Gasteiger partial charge is 0.256 e. The van der Waals surface area contributed by atoms with E-state index in [0.717, 1.165) is 62.6 Å². The Bertz CT molecular complexity index is 1820. The van der Waals surface area contributed by atoms with E-state index in [4.69, 9.17) is 22.3 Å². The third kappa shape index (κ3) is 5.67. The summed E-state index contributed by atoms with van der Waals surface area (Å²) in [6.07, 6.45) is 8.52. The summed E-state index contributed by atoms with van der Waals surface area (Å²) in [5.41, 5.74) is 8.86. The van der Waals surface area contributed by atoms with E-state index < -0.39 is 11.7 Å². The molecule has 4 fully saturated rings. The van der Waals surface area contributed by atoms with Crippen LogP contribution in [-0.2, 0) is 0 Å². The molecule has 4 saturated heterocycles. The van der Waals surface area contributed by atoms with Gasteiger partial charge in [-0.05, 0) is 73.1 Å². The Labute approximate surface area is 281 Å². The molecule has 4 aromatic rings. The lowest BCUT2D eigenvalue weighted by atomic mass is 9.71. The van der Waals surface area contributed by atoms with E-state index >= 15 is 4.39 Å². The highest BCUT2D eigenvalue weighted by molar-refractivity contribution is 6.30. The van der Waals surface area contributed by atoms with E-state index in [1.165, 1.54) is 61.2 Å². The summed E-state index contributed by atoms with van der Waals surface area (Å²) in [6.45, 7) is 8.98. The van der Waals surface area contributed by atoms with Gasteiger partial charge in [0.05, 0.1) is 0 Å². The molecule has 2 atom stereocenters. The van der Waals surface area contributed by atoms with E-state index in [0.29, 0.717) is 21.6 Å². The van der Waals surface area contributed by atoms with E-state index in [1.807, 2.05) is 10.6 Å². The Morgan fingerprint density at radius 3 is 2.66 bits per heavy atom. The van der Waals surface area contributed by atoms with Crippen molar-refractivity contribution in [3.63, 3.8) is 0 Å². The number of carbonyl (C=O) groups is 1. The summed E-state index contributed by atoms with van der Waals surface area (Å²) in [4.78, 5) is 34.0. The summed E-state index contributed by atoms with van der Waals surface area (Å²) in [5, 5.41) is 6.52. The summed E-state index contributed by atoms with van der Waals surface area (Å²) in [6, 6.07) is 8.24. The number of carbonyl (C=O) groups excluding carboxylic acids is 1. The number of likely N-dealkylation sites (tertiary alicyclic amines) is 2. The van der Waals surface area contributed by atoms with E-state index in [-0.39, 0.29) is 22.8 Å². The second-order valence-corrected chi connectivity index (χ2v) is 15.4. The number of nitrogens with one attached hydrogen (secondary N) is 2. The highest BCUT2D eigenvalue weighted by Crippen LogP contribution is 2.44. The third-order valence-corrected chi connectivity index (χ3v) is 12.9. The van der Waals surface area contributed by atoms with Gasteiger partial charge in [0.25, 0.3) is 5.91 Å². The minimum absolute atomic E-state index is 0.150. The van der Waals surface area contributed by atoms with Crippen LogP contribution in [0.1, 0.15) is 29.6 Å². The lowest BCUT2D eigenvalue weighted by Crippen LogP contribution is -2.64. The highest BCUT2D eigenvalue weighted by Gasteiger charge is 2.48. The molecule has 4 aliphatic heterocycles. The first-order valence-corrected chi connectivity index (χ1v) is 18.1. The van der Waals surface area contributed by atoms with E-state index in [2.05, 4.69) is 35.3 Å². The number of aromatic nitrogens is 4. The lowest BCUT2D eigenvalue weighted by Gasteiger charge is -2.57. The number of halogens is 2. The van der Waals surface area contributed by atoms with Crippen molar-refractivity contribution >= 4 is 50.9 Å². The molecule has 0 radical (unpaired) electrons. The number of amides is 1. The number of nitrogens with two attached hydrogens (primary N) is 1. The van der Waals surface area contributed by atoms with Crippen LogP contribution < -0.4 is 21.3 Å². The maximum Gasteiger partial charge on any atom is 0.256 e. The van der Waals surface area contributed by atoms with Gasteiger partial charge in [-0.15, -0.1) is 0 Å². The van der Waals surface area contributed by atoms with Gasteiger partial charge in [-0.25, -0.2) is 19.3 Å². The maximum absolute atomic E-state index is 15.7. The Balaban J connectivity index is 0.959. The zero-order chi connectivity index (χ0) is 32.3. The maximum atomic E-state index is 15.7. The molecule has 1 unspecified atom stereocenters. The zero-order valence-electron chi connectivity index (χ0n) is 26.5. The number of hydrogen-bond donors (Lipinski definition) is 3. The lowest BCUT2D eigenvalue weighted by molar-refractivity contribution is -0.0393. The topological polar surface area (TPSA) is 120 Å². The molecule has 47 heavy (non-hydrogen) atoms. The van der Waals surface area contributed by atoms with Crippen LogP contribution in [0.4, 0.5) is 22.0 Å². The van der Waals surface area contributed by atoms with Crippen LogP contribution in [0, 0.1) is 17.2 Å². The zero-order valence-corrected chi connectivity index (χ0v) is 29.3. The molecule has 1 aromatic carbocycles. The number of nitrogen functional groups attached to an aromatic ring is 1. The fourth-order valence-corrected chi connectivity index (χ4v) is 9.01. The minimum Gasteiger partial charge on any atom is -0.382 e. The third-order valence-electron chi connectivity index (χ3n) is 11.0. The van der Waals surface area contributed by atoms with Crippen LogP contribution in [0.3, 0.4) is 0 Å². The average molecular weight is 675 g/mol. The summed E-state index contributed by atoms with van der Waals surface area (Å²) in [5.74, 6) is 1.04. The normalized spacial score (nSPS) is 22.4. The van der Waals surface area contributed by atoms with Crippen molar-refractivity contribution in [2.24, 2.45) is 11.3 Å². The van der Waals surface area contributed by atoms with Gasteiger partial charge in [0.1, 0.15) is 28.7 Å². The largest absolute Gasteiger partial charge is 0.382 e. The Kier molecular flexibility index (Phi) is 7.91. The van der Waals surface area contributed by atoms with Gasteiger partial charge in [-0.2, -0.15) is 0 Å². The minimum atomic E-state index is -0.578. The first-order valence-electron chi connectivity index (χ1n) is 16.6. The molecule has 0 bridgehead atoms. The molecule has 0 aliphatic carbocycles. The molecule has 8 rings (SSSR count). The van der Waals surface area contributed by atoms with E-state index in [9.17, 15) is 4.79 Å². The Morgan fingerprint density at radius 2 is 1.94 bits per heavy atom. The SMILES string of the molecule is Nc1nccn2c(N3CCC4(CC3)CN(C([SiH3])[C@H]3CCN(C5CNC5)C3)C4)nc(-c3ccc(C(=O)Nc4cc(Cl)ccn4)cc3F)c12. The van der Waals surface area contributed by atoms with Gasteiger partial charge in [0, 0.05) is 96.8 Å². The highest BCUT2D eigenvalue weighted by atomic mass is 35.5. The van der Waals surface area contributed by atoms with E-state index in [1.54, 1.807) is 24.4 Å². The van der Waals surface area contributed by atoms with Crippen LogP contribution >= 0.6 is 11.6 Å². The van der Waals surface area contributed by atoms with Gasteiger partial charge in [-0.3, -0.25) is 14.1 Å². The van der Waals surface area contributed by atoms with Crippen molar-refractivity contribution < 1.29 is 9.18 Å². The Hall–Kier alpha value is -3.62. The van der Waals surface area contributed by atoms with Gasteiger partial charge >= 0.3 is 0 Å². The van der Waals surface area contributed by atoms with Crippen molar-refractivity contribution in [2.75, 3.05) is 68.3 Å². The standard InChI is InChI=1S/C33H40ClFN10OSi/c34-22-3-7-38-26(14-22)40-30(46)20-1-2-24(25(35)13-20)27-28-29(36)39-8-12-45(28)32(41-27)42-10-5-33(6-11-42)18-44(19-33)31(47)21-4-9-43(17-21)23-15-37-16-23/h1-3,7-8,12-14,21,23,31,37H,4-6,9-11,15-19H2,47H3,(H2,36,39)(H,38,40,46)/t21-,31?/m0/s1. The molecule has 1 amide bonds. The number of pyridine rings is 1. The molecule has 4 aliphatic rings. The number of nitrogens with zero attached hydrogens (tertiary/aromatic N) is 7. The Morgan fingerprint density at radius 1 is 1.13 bits per heavy atom. The molecule has 246 valence electrons. The van der Waals surface area contributed by atoms with Crippen LogP contribution in [0.5, 0.6) is 0 Å². The molecule has 0 saturated carbocycles. The summed E-state index contributed by atoms with van der Waals surface area (Å²) < 4.78 is 17.6. The van der Waals surface area contributed by atoms with Crippen LogP contribution in [0.25, 0.3) is 16.8 Å². The number of imidazole rings is 1. The number of anilines is 3. The van der Waals surface area contributed by atoms with Gasteiger partial charge in [0.2, 0.25) is 5.95 Å². The monoisotopic (exact) mass is 674 g/mol. The fourth-order valence-electron chi connectivity index (χ4n) is 7.94. The number of fused-ring (bicyclic) bond motifs is 1. The molecule has 1 spiro atoms. The number of hydrogen-bond acceptors (Lipinski definition) is 9. The second kappa shape index (κ2) is 12.1. The fraction of sp³-hybridized carbons (Fsp3) is 0.455. The number of rotatable bonds is 7. The predicted molar refractivity (Wildman–Crippen MR) is 186 cm³/mol. The van der Waals surface area contributed by atoms with Crippen LogP contribution in [0.15, 0.2) is 48.9 Å². The second-order valence-electron chi connectivity index (χ2n) is 13.8. The van der Waals surface area contributed by atoms with Crippen molar-refractivity contribution in [1.29, 1.82) is 0 Å². The number of benzene rings is 1. The van der Waals surface area contributed by atoms with Crippen LogP contribution in [0.2, 0.25) is 5.02 Å². The molecular weight excluding hydrogens is 635 g/mol. The molecule has 7 heterocycles. The van der Waals surface area contributed by atoms with Gasteiger partial charge < -0.3 is 26.2 Å². The molecule has 11 nitrogen and oxygen atoms in total. The van der Waals surface area contributed by atoms with Crippen molar-refractivity contribution in [3.8, 4) is 11.3 Å². The first-order chi connectivity index (χ1) is 22.8. The predicted octanol–water partition coefficient (Wildman–Crippen LogP) is 2.31. The van der Waals surface area contributed by atoms with Gasteiger partial charge in [0.15, 0.2) is 0 Å². The molecule has 4 N–H and O–H groups in total. The molecule has 14 heteroatoms. The van der Waals surface area contributed by atoms with Crippen molar-refractivity contribution in [1.82, 2.24) is 34.5 Å².